The SMILES string of the molecule is Cc1ccc2cccc(C(=O)N3CCC[C@H](C)[C@@H]3CN)c2n1. The van der Waals surface area contributed by atoms with Crippen LogP contribution in [-0.4, -0.2) is 34.9 Å². The molecule has 1 fully saturated rings. The van der Waals surface area contributed by atoms with E-state index in [-0.39, 0.29) is 11.9 Å². The second-order valence-electron chi connectivity index (χ2n) is 6.25. The molecule has 1 aliphatic heterocycles. The lowest BCUT2D eigenvalue weighted by Gasteiger charge is -2.39. The third-order valence-corrected chi connectivity index (χ3v) is 4.71. The molecule has 2 heterocycles. The highest BCUT2D eigenvalue weighted by Crippen LogP contribution is 2.26. The largest absolute Gasteiger partial charge is 0.334 e. The number of nitrogens with two attached hydrogens (primary N) is 1. The second kappa shape index (κ2) is 6.05. The fraction of sp³-hybridized carbons (Fsp3) is 0.444. The lowest BCUT2D eigenvalue weighted by molar-refractivity contribution is 0.0534. The molecule has 0 bridgehead atoms. The van der Waals surface area contributed by atoms with E-state index >= 15 is 0 Å². The lowest BCUT2D eigenvalue weighted by atomic mass is 9.90. The highest BCUT2D eigenvalue weighted by Gasteiger charge is 2.32. The Hall–Kier alpha value is -1.94. The van der Waals surface area contributed by atoms with E-state index in [1.165, 1.54) is 0 Å². The smallest absolute Gasteiger partial charge is 0.256 e. The van der Waals surface area contributed by atoms with Crippen molar-refractivity contribution in [3.05, 3.63) is 41.6 Å². The van der Waals surface area contributed by atoms with Crippen LogP contribution >= 0.6 is 0 Å². The summed E-state index contributed by atoms with van der Waals surface area (Å²) in [6, 6.07) is 9.93. The standard InChI is InChI=1S/C18H23N3O/c1-12-5-4-10-21(16(12)11-19)18(22)15-7-3-6-14-9-8-13(2)20-17(14)15/h3,6-9,12,16H,4-5,10-11,19H2,1-2H3/t12-,16-/m0/s1. The number of carbonyl (C=O) groups excluding carboxylic acids is 1. The first kappa shape index (κ1) is 15.0. The highest BCUT2D eigenvalue weighted by molar-refractivity contribution is 6.05. The van der Waals surface area contributed by atoms with Gasteiger partial charge in [0.25, 0.3) is 5.91 Å². The van der Waals surface area contributed by atoms with Gasteiger partial charge in [-0.3, -0.25) is 9.78 Å². The van der Waals surface area contributed by atoms with Gasteiger partial charge < -0.3 is 10.6 Å². The van der Waals surface area contributed by atoms with Crippen LogP contribution in [-0.2, 0) is 0 Å². The highest BCUT2D eigenvalue weighted by atomic mass is 16.2. The Labute approximate surface area is 131 Å². The van der Waals surface area contributed by atoms with Gasteiger partial charge in [0.15, 0.2) is 0 Å². The number of nitrogens with zero attached hydrogens (tertiary/aromatic N) is 2. The van der Waals surface area contributed by atoms with Gasteiger partial charge >= 0.3 is 0 Å². The van der Waals surface area contributed by atoms with Crippen LogP contribution in [0.25, 0.3) is 10.9 Å². The van der Waals surface area contributed by atoms with E-state index in [2.05, 4.69) is 11.9 Å². The molecule has 2 atom stereocenters. The molecule has 0 spiro atoms. The Kier molecular flexibility index (Phi) is 4.12. The van der Waals surface area contributed by atoms with E-state index in [0.717, 1.165) is 36.0 Å². The Bertz CT molecular complexity index is 698. The van der Waals surface area contributed by atoms with Gasteiger partial charge in [-0.05, 0) is 37.8 Å². The number of likely N-dealkylation sites (tertiary alicyclic amines) is 1. The van der Waals surface area contributed by atoms with Crippen molar-refractivity contribution in [3.63, 3.8) is 0 Å². The molecular formula is C18H23N3O. The normalized spacial score (nSPS) is 22.0. The van der Waals surface area contributed by atoms with Gasteiger partial charge in [0.05, 0.1) is 11.1 Å². The number of carbonyl (C=O) groups is 1. The summed E-state index contributed by atoms with van der Waals surface area (Å²) >= 11 is 0. The van der Waals surface area contributed by atoms with Crippen molar-refractivity contribution in [2.45, 2.75) is 32.7 Å². The number of benzene rings is 1. The molecule has 1 aromatic heterocycles. The molecule has 2 N–H and O–H groups in total. The molecule has 1 amide bonds. The number of hydrogen-bond donors (Lipinski definition) is 1. The van der Waals surface area contributed by atoms with Crippen LogP contribution in [0.5, 0.6) is 0 Å². The zero-order chi connectivity index (χ0) is 15.7. The van der Waals surface area contributed by atoms with Crippen molar-refractivity contribution >= 4 is 16.8 Å². The molecule has 1 saturated heterocycles. The second-order valence-corrected chi connectivity index (χ2v) is 6.25. The molecule has 1 aliphatic rings. The summed E-state index contributed by atoms with van der Waals surface area (Å²) < 4.78 is 0. The summed E-state index contributed by atoms with van der Waals surface area (Å²) in [5.74, 6) is 0.512. The number of aromatic nitrogens is 1. The number of para-hydroxylation sites is 1. The fourth-order valence-corrected chi connectivity index (χ4v) is 3.43. The molecule has 116 valence electrons. The predicted octanol–water partition coefficient (Wildman–Crippen LogP) is 2.74. The average Bonchev–Trinajstić information content (AvgIpc) is 2.53. The zero-order valence-electron chi connectivity index (χ0n) is 13.2. The minimum atomic E-state index is 0.0608. The molecule has 2 aromatic rings. The van der Waals surface area contributed by atoms with Gasteiger partial charge in [0, 0.05) is 30.2 Å². The lowest BCUT2D eigenvalue weighted by Crippen LogP contribution is -2.51. The van der Waals surface area contributed by atoms with Crippen LogP contribution in [0.4, 0.5) is 0 Å². The summed E-state index contributed by atoms with van der Waals surface area (Å²) in [6.07, 6.45) is 2.18. The van der Waals surface area contributed by atoms with Gasteiger partial charge in [-0.1, -0.05) is 25.1 Å². The number of aryl methyl sites for hydroxylation is 1. The molecule has 3 rings (SSSR count). The van der Waals surface area contributed by atoms with E-state index in [1.807, 2.05) is 42.2 Å². The van der Waals surface area contributed by atoms with E-state index < -0.39 is 0 Å². The number of fused-ring (bicyclic) bond motifs is 1. The van der Waals surface area contributed by atoms with Crippen molar-refractivity contribution in [2.75, 3.05) is 13.1 Å². The molecule has 0 unspecified atom stereocenters. The number of rotatable bonds is 2. The summed E-state index contributed by atoms with van der Waals surface area (Å²) in [5.41, 5.74) is 8.33. The maximum Gasteiger partial charge on any atom is 0.256 e. The van der Waals surface area contributed by atoms with Crippen LogP contribution in [0.15, 0.2) is 30.3 Å². The van der Waals surface area contributed by atoms with Crippen LogP contribution in [0.2, 0.25) is 0 Å². The minimum absolute atomic E-state index is 0.0608. The molecule has 1 aromatic carbocycles. The first-order chi connectivity index (χ1) is 10.6. The van der Waals surface area contributed by atoms with Gasteiger partial charge in [-0.2, -0.15) is 0 Å². The van der Waals surface area contributed by atoms with Crippen molar-refractivity contribution < 1.29 is 4.79 Å². The third kappa shape index (κ3) is 2.59. The summed E-state index contributed by atoms with van der Waals surface area (Å²) in [6.45, 7) is 5.44. The van der Waals surface area contributed by atoms with Gasteiger partial charge in [-0.15, -0.1) is 0 Å². The van der Waals surface area contributed by atoms with Crippen LogP contribution < -0.4 is 5.73 Å². The van der Waals surface area contributed by atoms with Gasteiger partial charge in [0.2, 0.25) is 0 Å². The van der Waals surface area contributed by atoms with Crippen molar-refractivity contribution in [3.8, 4) is 0 Å². The van der Waals surface area contributed by atoms with Crippen molar-refractivity contribution in [1.29, 1.82) is 0 Å². The number of hydrogen-bond acceptors (Lipinski definition) is 3. The van der Waals surface area contributed by atoms with Crippen molar-refractivity contribution in [2.24, 2.45) is 11.7 Å². The third-order valence-electron chi connectivity index (χ3n) is 4.71. The van der Waals surface area contributed by atoms with E-state index in [4.69, 9.17) is 5.73 Å². The average molecular weight is 297 g/mol. The summed E-state index contributed by atoms with van der Waals surface area (Å²) in [7, 11) is 0. The Morgan fingerprint density at radius 1 is 1.36 bits per heavy atom. The number of piperidine rings is 1. The fourth-order valence-electron chi connectivity index (χ4n) is 3.43. The topological polar surface area (TPSA) is 59.2 Å². The Balaban J connectivity index is 2.03. The molecule has 0 aliphatic carbocycles. The first-order valence-corrected chi connectivity index (χ1v) is 7.99. The molecule has 22 heavy (non-hydrogen) atoms. The van der Waals surface area contributed by atoms with Crippen LogP contribution in [0.3, 0.4) is 0 Å². The van der Waals surface area contributed by atoms with Gasteiger partial charge in [0.1, 0.15) is 0 Å². The Morgan fingerprint density at radius 3 is 2.95 bits per heavy atom. The van der Waals surface area contributed by atoms with Crippen LogP contribution in [0.1, 0.15) is 35.8 Å². The maximum atomic E-state index is 13.1. The molecule has 4 nitrogen and oxygen atoms in total. The number of pyridine rings is 1. The first-order valence-electron chi connectivity index (χ1n) is 7.99. The predicted molar refractivity (Wildman–Crippen MR) is 88.8 cm³/mol. The number of amides is 1. The quantitative estimate of drug-likeness (QED) is 0.927. The molecular weight excluding hydrogens is 274 g/mol. The molecule has 4 heteroatoms. The van der Waals surface area contributed by atoms with Crippen molar-refractivity contribution in [1.82, 2.24) is 9.88 Å². The molecule has 0 saturated carbocycles. The summed E-state index contributed by atoms with van der Waals surface area (Å²) in [5, 5.41) is 1.01. The minimum Gasteiger partial charge on any atom is -0.334 e. The Morgan fingerprint density at radius 2 is 2.18 bits per heavy atom. The van der Waals surface area contributed by atoms with Gasteiger partial charge in [-0.25, -0.2) is 0 Å². The van der Waals surface area contributed by atoms with Crippen LogP contribution in [0, 0.1) is 12.8 Å². The summed E-state index contributed by atoms with van der Waals surface area (Å²) in [4.78, 5) is 19.6. The monoisotopic (exact) mass is 297 g/mol. The van der Waals surface area contributed by atoms with E-state index in [1.54, 1.807) is 0 Å². The zero-order valence-corrected chi connectivity index (χ0v) is 13.2. The molecule has 0 radical (unpaired) electrons. The van der Waals surface area contributed by atoms with E-state index in [9.17, 15) is 4.79 Å². The maximum absolute atomic E-state index is 13.1. The van der Waals surface area contributed by atoms with E-state index in [0.29, 0.717) is 18.0 Å².